The summed E-state index contributed by atoms with van der Waals surface area (Å²) in [6, 6.07) is 5.28. The fraction of sp³-hybridized carbons (Fsp3) is 0.200. The van der Waals surface area contributed by atoms with Crippen LogP contribution in [0.1, 0.15) is 18.5 Å². The largest absolute Gasteiger partial charge is 0.494 e. The fourth-order valence-electron chi connectivity index (χ4n) is 2.01. The zero-order valence-electron chi connectivity index (χ0n) is 12.3. The number of rotatable bonds is 5. The van der Waals surface area contributed by atoms with Crippen molar-refractivity contribution in [2.24, 2.45) is 0 Å². The van der Waals surface area contributed by atoms with Crippen LogP contribution in [0.15, 0.2) is 41.3 Å². The molecule has 8 heteroatoms. The Kier molecular flexibility index (Phi) is 4.96. The molecule has 0 fully saturated rings. The van der Waals surface area contributed by atoms with Crippen LogP contribution in [0.4, 0.5) is 13.2 Å². The van der Waals surface area contributed by atoms with Crippen molar-refractivity contribution in [2.45, 2.75) is 17.9 Å². The zero-order chi connectivity index (χ0) is 17.2. The lowest BCUT2D eigenvalue weighted by molar-refractivity contribution is 0.386. The van der Waals surface area contributed by atoms with Gasteiger partial charge in [-0.05, 0) is 36.8 Å². The molecule has 0 aromatic heterocycles. The van der Waals surface area contributed by atoms with Crippen molar-refractivity contribution < 1.29 is 26.3 Å². The molecule has 4 nitrogen and oxygen atoms in total. The summed E-state index contributed by atoms with van der Waals surface area (Å²) in [4.78, 5) is -0.681. The van der Waals surface area contributed by atoms with E-state index in [1.54, 1.807) is 0 Å². The maximum atomic E-state index is 13.7. The van der Waals surface area contributed by atoms with E-state index in [-0.39, 0.29) is 5.75 Å². The Balaban J connectivity index is 2.28. The first-order valence-corrected chi connectivity index (χ1v) is 8.03. The van der Waals surface area contributed by atoms with Crippen LogP contribution in [0.3, 0.4) is 0 Å². The summed E-state index contributed by atoms with van der Waals surface area (Å²) < 4.78 is 71.5. The predicted octanol–water partition coefficient (Wildman–Crippen LogP) is 3.15. The number of hydrogen-bond acceptors (Lipinski definition) is 3. The summed E-state index contributed by atoms with van der Waals surface area (Å²) in [5.74, 6) is -2.71. The van der Waals surface area contributed by atoms with Crippen LogP contribution in [0.2, 0.25) is 0 Å². The minimum atomic E-state index is -4.23. The Hall–Kier alpha value is -2.06. The lowest BCUT2D eigenvalue weighted by atomic mass is 10.1. The number of sulfonamides is 1. The first-order chi connectivity index (χ1) is 10.7. The van der Waals surface area contributed by atoms with Crippen molar-refractivity contribution in [1.82, 2.24) is 4.72 Å². The van der Waals surface area contributed by atoms with Gasteiger partial charge in [0.25, 0.3) is 0 Å². The number of halogens is 3. The molecule has 0 aliphatic rings. The second-order valence-electron chi connectivity index (χ2n) is 4.81. The van der Waals surface area contributed by atoms with Crippen LogP contribution in [0, 0.1) is 17.5 Å². The quantitative estimate of drug-likeness (QED) is 0.906. The minimum Gasteiger partial charge on any atom is -0.494 e. The van der Waals surface area contributed by atoms with Crippen LogP contribution < -0.4 is 9.46 Å². The van der Waals surface area contributed by atoms with E-state index in [0.29, 0.717) is 11.6 Å². The molecule has 0 saturated carbocycles. The van der Waals surface area contributed by atoms with Gasteiger partial charge in [-0.1, -0.05) is 6.07 Å². The predicted molar refractivity (Wildman–Crippen MR) is 78.0 cm³/mol. The van der Waals surface area contributed by atoms with Crippen molar-refractivity contribution in [2.75, 3.05) is 7.11 Å². The van der Waals surface area contributed by atoms with Crippen LogP contribution >= 0.6 is 0 Å². The molecule has 1 atom stereocenters. The second kappa shape index (κ2) is 6.59. The lowest BCUT2D eigenvalue weighted by Crippen LogP contribution is -2.27. The fourth-order valence-corrected chi connectivity index (χ4v) is 3.30. The molecular weight excluding hydrogens is 331 g/mol. The number of benzene rings is 2. The maximum absolute atomic E-state index is 13.7. The third-order valence-electron chi connectivity index (χ3n) is 3.19. The van der Waals surface area contributed by atoms with E-state index < -0.39 is 38.4 Å². The zero-order valence-corrected chi connectivity index (χ0v) is 13.1. The summed E-state index contributed by atoms with van der Waals surface area (Å²) in [5, 5.41) is 0. The third kappa shape index (κ3) is 3.83. The van der Waals surface area contributed by atoms with E-state index in [1.165, 1.54) is 26.2 Å². The first-order valence-electron chi connectivity index (χ1n) is 6.55. The van der Waals surface area contributed by atoms with Crippen molar-refractivity contribution >= 4 is 10.0 Å². The highest BCUT2D eigenvalue weighted by molar-refractivity contribution is 7.89. The van der Waals surface area contributed by atoms with E-state index in [1.807, 2.05) is 0 Å². The van der Waals surface area contributed by atoms with E-state index in [4.69, 9.17) is 4.74 Å². The Morgan fingerprint density at radius 2 is 1.74 bits per heavy atom. The molecule has 0 radical (unpaired) electrons. The van der Waals surface area contributed by atoms with Gasteiger partial charge < -0.3 is 4.74 Å². The maximum Gasteiger partial charge on any atom is 0.244 e. The van der Waals surface area contributed by atoms with E-state index in [2.05, 4.69) is 4.72 Å². The smallest absolute Gasteiger partial charge is 0.244 e. The Labute approximate surface area is 132 Å². The summed E-state index contributed by atoms with van der Waals surface area (Å²) >= 11 is 0. The van der Waals surface area contributed by atoms with Gasteiger partial charge >= 0.3 is 0 Å². The van der Waals surface area contributed by atoms with Gasteiger partial charge in [-0.15, -0.1) is 0 Å². The van der Waals surface area contributed by atoms with E-state index >= 15 is 0 Å². The van der Waals surface area contributed by atoms with Gasteiger partial charge in [-0.25, -0.2) is 26.3 Å². The average molecular weight is 345 g/mol. The van der Waals surface area contributed by atoms with Crippen LogP contribution in [0.25, 0.3) is 0 Å². The molecule has 0 aliphatic carbocycles. The Morgan fingerprint density at radius 3 is 2.30 bits per heavy atom. The van der Waals surface area contributed by atoms with Crippen LogP contribution in [-0.4, -0.2) is 15.5 Å². The van der Waals surface area contributed by atoms with Gasteiger partial charge in [-0.2, -0.15) is 0 Å². The van der Waals surface area contributed by atoms with Crippen molar-refractivity contribution in [3.63, 3.8) is 0 Å². The number of ether oxygens (including phenoxy) is 1. The topological polar surface area (TPSA) is 55.4 Å². The molecule has 1 N–H and O–H groups in total. The molecule has 124 valence electrons. The van der Waals surface area contributed by atoms with Crippen molar-refractivity contribution in [3.05, 3.63) is 59.4 Å². The highest BCUT2D eigenvalue weighted by Crippen LogP contribution is 2.24. The number of hydrogen-bond donors (Lipinski definition) is 1. The normalized spacial score (nSPS) is 12.9. The molecule has 0 saturated heterocycles. The Bertz CT molecular complexity index is 825. The monoisotopic (exact) mass is 345 g/mol. The molecule has 0 aliphatic heterocycles. The van der Waals surface area contributed by atoms with Gasteiger partial charge in [0.15, 0.2) is 11.6 Å². The van der Waals surface area contributed by atoms with Gasteiger partial charge in [0.1, 0.15) is 16.5 Å². The summed E-state index contributed by atoms with van der Waals surface area (Å²) in [5.41, 5.74) is 0.328. The molecule has 0 bridgehead atoms. The molecule has 1 unspecified atom stereocenters. The summed E-state index contributed by atoms with van der Waals surface area (Å²) in [6.45, 7) is 1.47. The molecule has 2 aromatic carbocycles. The molecule has 0 amide bonds. The van der Waals surface area contributed by atoms with Gasteiger partial charge in [-0.3, -0.25) is 0 Å². The van der Waals surface area contributed by atoms with Gasteiger partial charge in [0.2, 0.25) is 10.0 Å². The minimum absolute atomic E-state index is 0.0217. The lowest BCUT2D eigenvalue weighted by Gasteiger charge is -2.16. The Morgan fingerprint density at radius 1 is 1.04 bits per heavy atom. The average Bonchev–Trinajstić information content (AvgIpc) is 2.46. The standard InChI is InChI=1S/C15H14F3NO3S/c1-9(10-3-5-14(22-2)12(17)7-10)19-23(20,21)15-6-4-11(16)8-13(15)18/h3-9,19H,1-2H3. The number of nitrogens with one attached hydrogen (secondary N) is 1. The second-order valence-corrected chi connectivity index (χ2v) is 6.49. The summed E-state index contributed by atoms with van der Waals surface area (Å²) in [7, 11) is -2.92. The third-order valence-corrected chi connectivity index (χ3v) is 4.77. The first kappa shape index (κ1) is 17.3. The molecule has 0 spiro atoms. The summed E-state index contributed by atoms with van der Waals surface area (Å²) in [6.07, 6.45) is 0. The number of methoxy groups -OCH3 is 1. The van der Waals surface area contributed by atoms with Crippen molar-refractivity contribution in [1.29, 1.82) is 0 Å². The molecular formula is C15H14F3NO3S. The SMILES string of the molecule is COc1ccc(C(C)NS(=O)(=O)c2ccc(F)cc2F)cc1F. The highest BCUT2D eigenvalue weighted by atomic mass is 32.2. The molecule has 0 heterocycles. The molecule has 2 aromatic rings. The molecule has 23 heavy (non-hydrogen) atoms. The van der Waals surface area contributed by atoms with E-state index in [9.17, 15) is 21.6 Å². The molecule has 2 rings (SSSR count). The van der Waals surface area contributed by atoms with Crippen LogP contribution in [-0.2, 0) is 10.0 Å². The van der Waals surface area contributed by atoms with Gasteiger partial charge in [0, 0.05) is 12.1 Å². The van der Waals surface area contributed by atoms with Gasteiger partial charge in [0.05, 0.1) is 7.11 Å². The van der Waals surface area contributed by atoms with Crippen LogP contribution in [0.5, 0.6) is 5.75 Å². The highest BCUT2D eigenvalue weighted by Gasteiger charge is 2.23. The van der Waals surface area contributed by atoms with E-state index in [0.717, 1.165) is 18.2 Å². The van der Waals surface area contributed by atoms with Crippen molar-refractivity contribution in [3.8, 4) is 5.75 Å².